The number of methoxy groups -OCH3 is 2. The van der Waals surface area contributed by atoms with Gasteiger partial charge in [-0.3, -0.25) is 4.65 Å². The van der Waals surface area contributed by atoms with E-state index in [1.807, 2.05) is 30.3 Å². The summed E-state index contributed by atoms with van der Waals surface area (Å²) in [4.78, 5) is 29.3. The zero-order valence-electron chi connectivity index (χ0n) is 22.9. The van der Waals surface area contributed by atoms with Crippen LogP contribution in [0.3, 0.4) is 0 Å². The summed E-state index contributed by atoms with van der Waals surface area (Å²) in [6, 6.07) is 12.1. The Balaban J connectivity index is 1.38. The van der Waals surface area contributed by atoms with Gasteiger partial charge < -0.3 is 28.8 Å². The number of hydrogen-bond acceptors (Lipinski definition) is 8. The topological polar surface area (TPSA) is 141 Å². The Kier molecular flexibility index (Phi) is 7.28. The second-order valence-corrected chi connectivity index (χ2v) is 11.7. The number of quaternary nitrogens is 1. The minimum atomic E-state index is -4.90. The molecule has 0 aliphatic carbocycles. The Morgan fingerprint density at radius 2 is 1.93 bits per heavy atom. The van der Waals surface area contributed by atoms with Crippen LogP contribution >= 0.6 is 0 Å². The summed E-state index contributed by atoms with van der Waals surface area (Å²) in [5.74, 6) is -2.04. The Morgan fingerprint density at radius 1 is 1.14 bits per heavy atom. The molecular formula is C28H25F3N6O5S. The monoisotopic (exact) mass is 614 g/mol. The summed E-state index contributed by atoms with van der Waals surface area (Å²) < 4.78 is 64.4. The lowest BCUT2D eigenvalue weighted by atomic mass is 10.1. The molecule has 1 aliphatic rings. The molecule has 1 fully saturated rings. The number of carbonyl (C=O) groups is 1. The molecule has 15 heteroatoms. The number of nitrogens with zero attached hydrogens (tertiary/aromatic N) is 5. The quantitative estimate of drug-likeness (QED) is 0.169. The maximum Gasteiger partial charge on any atom is 0.449 e. The van der Waals surface area contributed by atoms with Crippen LogP contribution in [-0.2, 0) is 28.7 Å². The van der Waals surface area contributed by atoms with E-state index in [4.69, 9.17) is 9.47 Å². The average molecular weight is 615 g/mol. The third-order valence-electron chi connectivity index (χ3n) is 7.51. The largest absolute Gasteiger partial charge is 0.624 e. The number of fused-ring (bicyclic) bond motifs is 2. The molecule has 1 N–H and O–H groups in total. The van der Waals surface area contributed by atoms with Crippen molar-refractivity contribution in [3.63, 3.8) is 0 Å². The number of aromatic amines is 1. The molecule has 3 atom stereocenters. The molecule has 1 saturated heterocycles. The first-order chi connectivity index (χ1) is 20.5. The number of pyridine rings is 1. The van der Waals surface area contributed by atoms with Crippen LogP contribution in [0.5, 0.6) is 11.6 Å². The Labute approximate surface area is 245 Å². The fourth-order valence-electron chi connectivity index (χ4n) is 5.30. The van der Waals surface area contributed by atoms with E-state index < -0.39 is 52.9 Å². The molecule has 1 amide bonds. The lowest BCUT2D eigenvalue weighted by molar-refractivity contribution is -0.834. The summed E-state index contributed by atoms with van der Waals surface area (Å²) in [6.07, 6.45) is -3.45. The van der Waals surface area contributed by atoms with Crippen molar-refractivity contribution >= 4 is 39.0 Å². The predicted molar refractivity (Wildman–Crippen MR) is 151 cm³/mol. The fourth-order valence-corrected chi connectivity index (χ4v) is 6.69. The van der Waals surface area contributed by atoms with Gasteiger partial charge in [-0.05, 0) is 35.4 Å². The second-order valence-electron chi connectivity index (χ2n) is 10.0. The number of ether oxygens (including phenoxy) is 2. The first-order valence-electron chi connectivity index (χ1n) is 13.1. The molecular weight excluding hydrogens is 589 g/mol. The number of hydroxylamine groups is 3. The molecule has 5 aromatic rings. The number of aromatic nitrogens is 5. The molecule has 43 heavy (non-hydrogen) atoms. The molecule has 0 bridgehead atoms. The lowest BCUT2D eigenvalue weighted by Crippen LogP contribution is -2.59. The Hall–Kier alpha value is -4.18. The minimum absolute atomic E-state index is 0.0108. The van der Waals surface area contributed by atoms with Crippen LogP contribution in [0.15, 0.2) is 54.7 Å². The van der Waals surface area contributed by atoms with Gasteiger partial charge in [0.15, 0.2) is 23.4 Å². The van der Waals surface area contributed by atoms with Crippen LogP contribution in [0.25, 0.3) is 33.2 Å². The predicted octanol–water partition coefficient (Wildman–Crippen LogP) is 4.36. The van der Waals surface area contributed by atoms with E-state index in [1.165, 1.54) is 38.6 Å². The van der Waals surface area contributed by atoms with Gasteiger partial charge in [0.2, 0.25) is 11.7 Å². The Morgan fingerprint density at radius 3 is 2.67 bits per heavy atom. The van der Waals surface area contributed by atoms with E-state index >= 15 is 0 Å². The van der Waals surface area contributed by atoms with Gasteiger partial charge in [-0.25, -0.2) is 19.7 Å². The van der Waals surface area contributed by atoms with Crippen molar-refractivity contribution in [3.05, 3.63) is 71.6 Å². The van der Waals surface area contributed by atoms with Crippen molar-refractivity contribution in [2.45, 2.75) is 18.8 Å². The number of carbonyl (C=O) groups excluding carboxylic acids is 1. The van der Waals surface area contributed by atoms with E-state index in [0.29, 0.717) is 27.2 Å². The van der Waals surface area contributed by atoms with E-state index in [-0.39, 0.29) is 34.1 Å². The summed E-state index contributed by atoms with van der Waals surface area (Å²) >= 11 is -1.46. The van der Waals surface area contributed by atoms with Crippen molar-refractivity contribution in [2.75, 3.05) is 32.3 Å². The van der Waals surface area contributed by atoms with Gasteiger partial charge in [0.05, 0.1) is 48.2 Å². The van der Waals surface area contributed by atoms with Gasteiger partial charge in [0.1, 0.15) is 18.8 Å². The number of rotatable bonds is 6. The van der Waals surface area contributed by atoms with Crippen molar-refractivity contribution in [2.24, 2.45) is 0 Å². The zero-order chi connectivity index (χ0) is 30.5. The molecule has 0 radical (unpaired) electrons. The summed E-state index contributed by atoms with van der Waals surface area (Å²) in [5, 5.41) is 15.1. The SMILES string of the molecule is COc1ccc2nc(C(F)(F)F)n(CC(=O)[N+]3([O-])CC[S@@+]([O-])CC3c3ncc(-c4cc5ccccc5nc4OC)[nH]3)c2c1. The second kappa shape index (κ2) is 10.8. The normalized spacial score (nSPS) is 20.9. The third-order valence-corrected chi connectivity index (χ3v) is 8.83. The Bertz CT molecular complexity index is 1840. The lowest BCUT2D eigenvalue weighted by Gasteiger charge is -2.47. The van der Waals surface area contributed by atoms with Gasteiger partial charge in [-0.2, -0.15) is 13.2 Å². The molecule has 11 nitrogen and oxygen atoms in total. The molecule has 2 aromatic carbocycles. The van der Waals surface area contributed by atoms with Gasteiger partial charge in [-0.15, -0.1) is 0 Å². The van der Waals surface area contributed by atoms with Crippen LogP contribution < -0.4 is 9.47 Å². The van der Waals surface area contributed by atoms with Crippen molar-refractivity contribution in [3.8, 4) is 22.9 Å². The zero-order valence-corrected chi connectivity index (χ0v) is 23.7. The number of amides is 1. The number of para-hydroxylation sites is 1. The number of hydrogen-bond donors (Lipinski definition) is 1. The molecule has 4 heterocycles. The van der Waals surface area contributed by atoms with Gasteiger partial charge in [-0.1, -0.05) is 18.2 Å². The number of H-pyrrole nitrogens is 1. The molecule has 2 unspecified atom stereocenters. The van der Waals surface area contributed by atoms with Gasteiger partial charge >= 0.3 is 12.1 Å². The van der Waals surface area contributed by atoms with E-state index in [9.17, 15) is 27.7 Å². The first kappa shape index (κ1) is 28.9. The average Bonchev–Trinajstić information content (AvgIpc) is 3.63. The van der Waals surface area contributed by atoms with Crippen LogP contribution in [0.1, 0.15) is 17.7 Å². The molecule has 224 valence electrons. The summed E-state index contributed by atoms with van der Waals surface area (Å²) in [5.41, 5.74) is 1.66. The van der Waals surface area contributed by atoms with Gasteiger partial charge in [0.25, 0.3) is 0 Å². The molecule has 0 spiro atoms. The third kappa shape index (κ3) is 5.18. The molecule has 1 aliphatic heterocycles. The van der Waals surface area contributed by atoms with E-state index in [0.717, 1.165) is 5.39 Å². The highest BCUT2D eigenvalue weighted by Crippen LogP contribution is 2.38. The molecule has 6 rings (SSSR count). The van der Waals surface area contributed by atoms with E-state index in [1.54, 1.807) is 0 Å². The van der Waals surface area contributed by atoms with Crippen molar-refractivity contribution in [1.82, 2.24) is 24.5 Å². The fraction of sp³-hybridized carbons (Fsp3) is 0.286. The number of nitrogens with one attached hydrogen (secondary N) is 1. The standard InChI is InChI=1S/C28H25F3N6O5S/c1-41-17-7-8-20-22(12-17)36(27(35-20)28(29,30)31)14-24(38)37(39)9-10-43(40)15-23(37)25-32-13-21(33-25)18-11-16-5-3-4-6-19(16)34-26(18)42-2/h3-8,11-13,23H,9-10,14-15H2,1-2H3,(H,32,33)/t23?,37?,43-/m1/s1. The van der Waals surface area contributed by atoms with E-state index in [2.05, 4.69) is 19.9 Å². The minimum Gasteiger partial charge on any atom is -0.624 e. The highest BCUT2D eigenvalue weighted by molar-refractivity contribution is 7.91. The van der Waals surface area contributed by atoms with Crippen molar-refractivity contribution < 1.29 is 36.6 Å². The van der Waals surface area contributed by atoms with Crippen LogP contribution in [0, 0.1) is 5.21 Å². The maximum atomic E-state index is 14.3. The maximum absolute atomic E-state index is 14.3. The summed E-state index contributed by atoms with van der Waals surface area (Å²) in [6.45, 7) is -1.31. The van der Waals surface area contributed by atoms with Crippen LogP contribution in [0.2, 0.25) is 0 Å². The number of imidazole rings is 2. The molecule has 3 aromatic heterocycles. The van der Waals surface area contributed by atoms with Gasteiger partial charge in [0, 0.05) is 11.5 Å². The first-order valence-corrected chi connectivity index (χ1v) is 14.6. The highest BCUT2D eigenvalue weighted by Gasteiger charge is 2.48. The number of benzene rings is 2. The smallest absolute Gasteiger partial charge is 0.449 e. The van der Waals surface area contributed by atoms with Crippen molar-refractivity contribution in [1.29, 1.82) is 0 Å². The number of alkyl halides is 3. The highest BCUT2D eigenvalue weighted by atomic mass is 32.2. The summed E-state index contributed by atoms with van der Waals surface area (Å²) in [7, 11) is 2.82. The van der Waals surface area contributed by atoms with Crippen LogP contribution in [0.4, 0.5) is 13.2 Å². The molecule has 0 saturated carbocycles. The van der Waals surface area contributed by atoms with Crippen LogP contribution in [-0.4, -0.2) is 71.9 Å². The number of halogens is 3.